The molecule has 0 aromatic heterocycles. The summed E-state index contributed by atoms with van der Waals surface area (Å²) in [6.45, 7) is 9.95. The van der Waals surface area contributed by atoms with Crippen LogP contribution >= 0.6 is 0 Å². The van der Waals surface area contributed by atoms with Crippen LogP contribution < -0.4 is 0 Å². The Morgan fingerprint density at radius 3 is 2.22 bits per heavy atom. The molecule has 0 aliphatic carbocycles. The number of hydrogen-bond acceptors (Lipinski definition) is 2. The molecule has 0 fully saturated rings. The average Bonchev–Trinajstić information content (AvgIpc) is 2.22. The molecule has 106 valence electrons. The number of rotatable bonds is 8. The quantitative estimate of drug-likeness (QED) is 0.622. The smallest absolute Gasteiger partial charge is 0.219 e. The minimum absolute atomic E-state index is 0.193. The summed E-state index contributed by atoms with van der Waals surface area (Å²) in [5, 5.41) is 0. The van der Waals surface area contributed by atoms with Crippen molar-refractivity contribution in [1.82, 2.24) is 9.80 Å². The van der Waals surface area contributed by atoms with Crippen LogP contribution in [0.15, 0.2) is 11.6 Å². The Labute approximate surface area is 113 Å². The fraction of sp³-hybridized carbons (Fsp3) is 0.800. The van der Waals surface area contributed by atoms with Crippen molar-refractivity contribution in [2.75, 3.05) is 27.2 Å². The fourth-order valence-corrected chi connectivity index (χ4v) is 2.01. The minimum atomic E-state index is 0.193. The first-order valence-electron chi connectivity index (χ1n) is 6.90. The largest absolute Gasteiger partial charge is 0.340 e. The summed E-state index contributed by atoms with van der Waals surface area (Å²) in [7, 11) is 4.13. The topological polar surface area (TPSA) is 23.6 Å². The first-order valence-corrected chi connectivity index (χ1v) is 6.90. The van der Waals surface area contributed by atoms with Gasteiger partial charge >= 0.3 is 0 Å². The summed E-state index contributed by atoms with van der Waals surface area (Å²) in [5.74, 6) is 0.193. The number of amides is 1. The van der Waals surface area contributed by atoms with E-state index in [0.717, 1.165) is 32.4 Å². The summed E-state index contributed by atoms with van der Waals surface area (Å²) in [5.41, 5.74) is 1.35. The predicted octanol–water partition coefficient (Wildman–Crippen LogP) is 2.92. The summed E-state index contributed by atoms with van der Waals surface area (Å²) in [6, 6.07) is 0.334. The van der Waals surface area contributed by atoms with Gasteiger partial charge in [-0.3, -0.25) is 4.79 Å². The van der Waals surface area contributed by atoms with Crippen LogP contribution in [-0.4, -0.2) is 48.9 Å². The zero-order valence-electron chi connectivity index (χ0n) is 13.0. The Bertz CT molecular complexity index is 268. The maximum Gasteiger partial charge on any atom is 0.219 e. The molecule has 0 bridgehead atoms. The lowest BCUT2D eigenvalue weighted by Gasteiger charge is -2.28. The van der Waals surface area contributed by atoms with Gasteiger partial charge in [0.15, 0.2) is 0 Å². The van der Waals surface area contributed by atoms with Crippen LogP contribution in [0.25, 0.3) is 0 Å². The standard InChI is InChI=1S/C15H30N2O/c1-13(2)9-7-10-14(3)17(15(4)18)12-8-11-16(5)6/h9,14H,7-8,10-12H2,1-6H3/t14-/m1/s1. The molecule has 0 spiro atoms. The van der Waals surface area contributed by atoms with Gasteiger partial charge in [-0.1, -0.05) is 11.6 Å². The Kier molecular flexibility index (Phi) is 8.73. The third-order valence-corrected chi connectivity index (χ3v) is 3.08. The predicted molar refractivity (Wildman–Crippen MR) is 78.7 cm³/mol. The summed E-state index contributed by atoms with van der Waals surface area (Å²) >= 11 is 0. The van der Waals surface area contributed by atoms with E-state index in [1.165, 1.54) is 5.57 Å². The van der Waals surface area contributed by atoms with Crippen LogP contribution in [-0.2, 0) is 4.79 Å². The Morgan fingerprint density at radius 2 is 1.78 bits per heavy atom. The van der Waals surface area contributed by atoms with Crippen LogP contribution in [0.3, 0.4) is 0 Å². The molecule has 1 atom stereocenters. The third kappa shape index (κ3) is 8.29. The Hall–Kier alpha value is -0.830. The second-order valence-corrected chi connectivity index (χ2v) is 5.58. The molecular weight excluding hydrogens is 224 g/mol. The molecule has 0 N–H and O–H groups in total. The molecule has 0 aliphatic heterocycles. The van der Waals surface area contributed by atoms with Crippen molar-refractivity contribution in [2.45, 2.75) is 53.0 Å². The maximum atomic E-state index is 11.7. The number of carbonyl (C=O) groups excluding carboxylic acids is 1. The highest BCUT2D eigenvalue weighted by Gasteiger charge is 2.15. The van der Waals surface area contributed by atoms with E-state index in [1.807, 2.05) is 4.90 Å². The highest BCUT2D eigenvalue weighted by molar-refractivity contribution is 5.73. The average molecular weight is 254 g/mol. The van der Waals surface area contributed by atoms with Crippen LogP contribution in [0, 0.1) is 0 Å². The van der Waals surface area contributed by atoms with Crippen LogP contribution in [0.1, 0.15) is 47.0 Å². The fourth-order valence-electron chi connectivity index (χ4n) is 2.01. The van der Waals surface area contributed by atoms with E-state index in [9.17, 15) is 4.79 Å². The second kappa shape index (κ2) is 9.15. The van der Waals surface area contributed by atoms with E-state index in [-0.39, 0.29) is 5.91 Å². The molecule has 18 heavy (non-hydrogen) atoms. The van der Waals surface area contributed by atoms with Crippen molar-refractivity contribution < 1.29 is 4.79 Å². The molecule has 0 saturated carbocycles. The van der Waals surface area contributed by atoms with Gasteiger partial charge in [-0.2, -0.15) is 0 Å². The lowest BCUT2D eigenvalue weighted by molar-refractivity contribution is -0.131. The highest BCUT2D eigenvalue weighted by Crippen LogP contribution is 2.09. The van der Waals surface area contributed by atoms with Crippen molar-refractivity contribution in [1.29, 1.82) is 0 Å². The molecule has 3 heteroatoms. The van der Waals surface area contributed by atoms with Gasteiger partial charge in [0.1, 0.15) is 0 Å². The number of carbonyl (C=O) groups is 1. The van der Waals surface area contributed by atoms with Crippen LogP contribution in [0.4, 0.5) is 0 Å². The van der Waals surface area contributed by atoms with Gasteiger partial charge in [0, 0.05) is 19.5 Å². The molecular formula is C15H30N2O. The highest BCUT2D eigenvalue weighted by atomic mass is 16.2. The van der Waals surface area contributed by atoms with Crippen molar-refractivity contribution >= 4 is 5.91 Å². The molecule has 0 radical (unpaired) electrons. The van der Waals surface area contributed by atoms with Gasteiger partial charge in [-0.25, -0.2) is 0 Å². The first kappa shape index (κ1) is 17.2. The zero-order valence-corrected chi connectivity index (χ0v) is 13.0. The van der Waals surface area contributed by atoms with Gasteiger partial charge < -0.3 is 9.80 Å². The summed E-state index contributed by atoms with van der Waals surface area (Å²) < 4.78 is 0. The molecule has 0 saturated heterocycles. The molecule has 0 aromatic carbocycles. The number of hydrogen-bond donors (Lipinski definition) is 0. The molecule has 0 aliphatic rings. The van der Waals surface area contributed by atoms with Gasteiger partial charge in [0.25, 0.3) is 0 Å². The molecule has 1 amide bonds. The van der Waals surface area contributed by atoms with Crippen molar-refractivity contribution in [3.63, 3.8) is 0 Å². The molecule has 0 unspecified atom stereocenters. The molecule has 0 aromatic rings. The Balaban J connectivity index is 4.15. The van der Waals surface area contributed by atoms with Crippen molar-refractivity contribution in [3.8, 4) is 0 Å². The van der Waals surface area contributed by atoms with E-state index < -0.39 is 0 Å². The van der Waals surface area contributed by atoms with Crippen LogP contribution in [0.5, 0.6) is 0 Å². The third-order valence-electron chi connectivity index (χ3n) is 3.08. The lowest BCUT2D eigenvalue weighted by atomic mass is 10.1. The van der Waals surface area contributed by atoms with Crippen molar-refractivity contribution in [3.05, 3.63) is 11.6 Å². The van der Waals surface area contributed by atoms with Gasteiger partial charge in [-0.05, 0) is 60.7 Å². The summed E-state index contributed by atoms with van der Waals surface area (Å²) in [4.78, 5) is 15.8. The SMILES string of the molecule is CC(=O)N(CCCN(C)C)[C@H](C)CCC=C(C)C. The van der Waals surface area contributed by atoms with Crippen molar-refractivity contribution in [2.24, 2.45) is 0 Å². The summed E-state index contributed by atoms with van der Waals surface area (Å²) in [6.07, 6.45) is 5.39. The van der Waals surface area contributed by atoms with E-state index in [0.29, 0.717) is 6.04 Å². The van der Waals surface area contributed by atoms with E-state index >= 15 is 0 Å². The van der Waals surface area contributed by atoms with E-state index in [4.69, 9.17) is 0 Å². The second-order valence-electron chi connectivity index (χ2n) is 5.58. The number of allylic oxidation sites excluding steroid dienone is 2. The maximum absolute atomic E-state index is 11.7. The van der Waals surface area contributed by atoms with E-state index in [1.54, 1.807) is 6.92 Å². The van der Waals surface area contributed by atoms with Crippen LogP contribution in [0.2, 0.25) is 0 Å². The first-order chi connectivity index (χ1) is 8.34. The van der Waals surface area contributed by atoms with Gasteiger partial charge in [-0.15, -0.1) is 0 Å². The normalized spacial score (nSPS) is 12.4. The van der Waals surface area contributed by atoms with Gasteiger partial charge in [0.05, 0.1) is 0 Å². The Morgan fingerprint density at radius 1 is 1.17 bits per heavy atom. The number of nitrogens with zero attached hydrogens (tertiary/aromatic N) is 2. The minimum Gasteiger partial charge on any atom is -0.340 e. The lowest BCUT2D eigenvalue weighted by Crippen LogP contribution is -2.38. The molecule has 0 rings (SSSR count). The molecule has 0 heterocycles. The van der Waals surface area contributed by atoms with Gasteiger partial charge in [0.2, 0.25) is 5.91 Å². The van der Waals surface area contributed by atoms with E-state index in [2.05, 4.69) is 45.8 Å². The molecule has 3 nitrogen and oxygen atoms in total. The monoisotopic (exact) mass is 254 g/mol. The zero-order chi connectivity index (χ0) is 14.1.